The number of benzene rings is 8. The second kappa shape index (κ2) is 36.9. The number of nitrogens with one attached hydrogen (secondary N) is 8. The number of amides is 8. The van der Waals surface area contributed by atoms with Crippen LogP contribution < -0.4 is 62.5 Å². The fourth-order valence-electron chi connectivity index (χ4n) is 16.2. The number of phenolic OH excluding ortho intramolecular Hbond substituents is 3. The molecule has 2 fully saturated rings. The molecule has 8 aliphatic rings. The van der Waals surface area contributed by atoms with Crippen LogP contribution in [0.3, 0.4) is 0 Å². The first kappa shape index (κ1) is 89.0. The number of ether oxygens (including phenoxy) is 7. The van der Waals surface area contributed by atoms with Crippen LogP contribution in [0.5, 0.6) is 46.0 Å². The van der Waals surface area contributed by atoms with Gasteiger partial charge in [-0.2, -0.15) is 0 Å². The molecule has 125 heavy (non-hydrogen) atoms. The predicted octanol–water partition coefficient (Wildman–Crippen LogP) is 5.40. The van der Waals surface area contributed by atoms with Gasteiger partial charge in [0, 0.05) is 47.2 Å². The molecule has 7 aliphatic heterocycles. The molecule has 8 amide bonds. The molecule has 16 rings (SSSR count). The molecule has 18 atom stereocenters. The second-order valence-corrected chi connectivity index (χ2v) is 32.6. The lowest BCUT2D eigenvalue weighted by molar-refractivity contribution is -0.334. The van der Waals surface area contributed by atoms with Gasteiger partial charge >= 0.3 is 12.1 Å². The maximum absolute atomic E-state index is 16.4. The third-order valence-electron chi connectivity index (χ3n) is 22.6. The Kier molecular flexibility index (Phi) is 26.2. The van der Waals surface area contributed by atoms with Crippen molar-refractivity contribution in [1.82, 2.24) is 42.5 Å². The molecule has 0 spiro atoms. The van der Waals surface area contributed by atoms with Gasteiger partial charge in [-0.1, -0.05) is 116 Å². The van der Waals surface area contributed by atoms with E-state index in [4.69, 9.17) is 62.1 Å². The number of carboxylic acids is 1. The maximum atomic E-state index is 16.4. The van der Waals surface area contributed by atoms with Gasteiger partial charge in [0.25, 0.3) is 0 Å². The number of primary amides is 1. The van der Waals surface area contributed by atoms with Crippen LogP contribution in [-0.4, -0.2) is 197 Å². The summed E-state index contributed by atoms with van der Waals surface area (Å²) in [5.41, 5.74) is 5.62. The molecular weight excluding hydrogens is 1680 g/mol. The Bertz CT molecular complexity index is 5500. The van der Waals surface area contributed by atoms with Gasteiger partial charge in [-0.15, -0.1) is 0 Å². The first-order valence-electron chi connectivity index (χ1n) is 39.6. The predicted molar refractivity (Wildman–Crippen MR) is 437 cm³/mol. The standard InChI is InChI=1S/C87H88Cl2FN9O26/c1-36(2)23-54(94-86(118)119-35-51-47-11-7-5-9-45(47)46-10-6-8-12-48(46)51)78(110)98-69-71(105)40-16-21-58(52(88)25-40)121-60-27-42-28-61(75(60)125-85-76(74(108)73(107)62(34-100)123-85)124-64-32-87(4,77(109)37(3)120-64)92-33-38-13-18-43(90)19-14-38)122-59-22-17-41(26-53(59)89)72(106)70-83(115)97-68(84(116)117)50-29-44(101)30-57(103)65(50)49-24-39(15-20-56(49)102)66(80(112)99-70)96-81(113)67(42)95-79(111)55(31-63(91)104)93-82(69)114/h5-22,24-30,36-37,51,54-55,62,64,66-74,76-77,85,92,100-103,105-109H,23,31-35H2,1-4H3,(H2,91,104)(H,93,114)(H,94,118)(H,95,111)(H,96,113)(H,97,115)(H,98,110)(H,99,112)(H,116,117)/t37-,54+,55-,62+,64-,66+,67+,68-,69+,70-,71+,72+,73+,74-,76+,77+,85-,87-/m0/s1. The molecule has 658 valence electrons. The van der Waals surface area contributed by atoms with E-state index in [0.29, 0.717) is 5.56 Å². The molecular formula is C87H88Cl2FN9O26. The number of aliphatic carboxylic acids is 1. The number of phenols is 3. The topological polar surface area (TPSA) is 543 Å². The lowest BCUT2D eigenvalue weighted by Gasteiger charge is -2.48. The van der Waals surface area contributed by atoms with Crippen molar-refractivity contribution in [2.24, 2.45) is 11.7 Å². The number of nitrogens with two attached hydrogens (primary N) is 1. The van der Waals surface area contributed by atoms with Crippen LogP contribution >= 0.6 is 23.2 Å². The van der Waals surface area contributed by atoms with Crippen LogP contribution in [0.2, 0.25) is 10.0 Å². The van der Waals surface area contributed by atoms with Crippen molar-refractivity contribution in [2.45, 2.75) is 169 Å². The minimum Gasteiger partial charge on any atom is -0.508 e. The summed E-state index contributed by atoms with van der Waals surface area (Å²) in [6, 6.07) is 18.5. The number of aliphatic hydroxyl groups excluding tert-OH is 6. The Labute approximate surface area is 721 Å². The van der Waals surface area contributed by atoms with E-state index in [1.807, 2.05) is 48.5 Å². The molecule has 8 aromatic carbocycles. The normalized spacial score (nSPS) is 26.3. The maximum Gasteiger partial charge on any atom is 0.407 e. The van der Waals surface area contributed by atoms with Crippen LogP contribution in [0.1, 0.15) is 128 Å². The minimum atomic E-state index is -2.43. The number of rotatable bonds is 18. The summed E-state index contributed by atoms with van der Waals surface area (Å²) >= 11 is 14.4. The summed E-state index contributed by atoms with van der Waals surface area (Å²) in [6.45, 7) is 5.46. The molecule has 8 aromatic rings. The van der Waals surface area contributed by atoms with E-state index in [9.17, 15) is 69.8 Å². The smallest absolute Gasteiger partial charge is 0.407 e. The van der Waals surface area contributed by atoms with E-state index in [2.05, 4.69) is 42.5 Å². The first-order valence-corrected chi connectivity index (χ1v) is 40.4. The first-order chi connectivity index (χ1) is 59.5. The number of hydrogen-bond acceptors (Lipinski definition) is 26. The van der Waals surface area contributed by atoms with Crippen molar-refractivity contribution in [2.75, 3.05) is 13.2 Å². The number of aliphatic hydroxyl groups is 6. The molecule has 11 bridgehead atoms. The van der Waals surface area contributed by atoms with Crippen molar-refractivity contribution in [1.29, 1.82) is 0 Å². The number of aromatic hydroxyl groups is 3. The van der Waals surface area contributed by atoms with Crippen LogP contribution in [0.4, 0.5) is 9.18 Å². The molecule has 0 aromatic heterocycles. The highest BCUT2D eigenvalue weighted by molar-refractivity contribution is 6.32. The molecule has 0 unspecified atom stereocenters. The zero-order valence-corrected chi connectivity index (χ0v) is 68.4. The van der Waals surface area contributed by atoms with Crippen LogP contribution in [-0.2, 0) is 63.8 Å². The van der Waals surface area contributed by atoms with E-state index in [1.165, 1.54) is 37.3 Å². The Morgan fingerprint density at radius 2 is 1.26 bits per heavy atom. The summed E-state index contributed by atoms with van der Waals surface area (Å²) in [5, 5.41) is 136. The SMILES string of the molecule is CC(C)C[C@@H](NC(=O)OCC1c2ccccc2-c2ccccc21)C(=O)N[C@H]1C(=O)N[C@@H](CC(N)=O)C(=O)N[C@H]2C(=O)N[C@H]3C(=O)N[C@H](C(=O)N[C@H](C(=O)O)c4cc(O)cc(O)c4-c4cc3ccc4O)[C@H](O)c3ccc(c(Cl)c3)Oc3cc2cc(c3O[C@@H]2O[C@H](CO)[C@@H](O)[C@H](O)[C@H]2O[C@H]2C[C@](C)(NCc3ccc(F)cc3)[C@H](O)[C@H](C)O2)Oc2ccc(cc2Cl)[C@H]1O. The van der Waals surface area contributed by atoms with Gasteiger partial charge in [-0.3, -0.25) is 33.6 Å². The average Bonchev–Trinajstić information content (AvgIpc) is 1.69. The van der Waals surface area contributed by atoms with E-state index >= 15 is 28.8 Å². The zero-order chi connectivity index (χ0) is 89.5. The van der Waals surface area contributed by atoms with Gasteiger partial charge in [0.15, 0.2) is 29.9 Å². The largest absolute Gasteiger partial charge is 0.508 e. The van der Waals surface area contributed by atoms with Gasteiger partial charge < -0.3 is 132 Å². The van der Waals surface area contributed by atoms with E-state index in [0.717, 1.165) is 95.1 Å². The molecule has 20 N–H and O–H groups in total. The number of carboxylic acid groups (broad SMARTS) is 1. The zero-order valence-electron chi connectivity index (χ0n) is 66.9. The Balaban J connectivity index is 0.915. The van der Waals surface area contributed by atoms with Gasteiger partial charge in [-0.05, 0) is 143 Å². The fourth-order valence-corrected chi connectivity index (χ4v) is 16.7. The Morgan fingerprint density at radius 3 is 1.87 bits per heavy atom. The number of halogens is 3. The number of carbonyl (C=O) groups is 9. The summed E-state index contributed by atoms with van der Waals surface area (Å²) in [7, 11) is 0. The van der Waals surface area contributed by atoms with Crippen LogP contribution in [0, 0.1) is 11.7 Å². The van der Waals surface area contributed by atoms with Gasteiger partial charge in [0.05, 0.1) is 35.3 Å². The van der Waals surface area contributed by atoms with E-state index in [-0.39, 0.29) is 43.0 Å². The minimum absolute atomic E-state index is 0.0748. The Morgan fingerprint density at radius 1 is 0.648 bits per heavy atom. The summed E-state index contributed by atoms with van der Waals surface area (Å²) < 4.78 is 59.2. The second-order valence-electron chi connectivity index (χ2n) is 31.8. The number of carbonyl (C=O) groups excluding carboxylic acids is 8. The van der Waals surface area contributed by atoms with E-state index in [1.54, 1.807) is 20.8 Å². The summed E-state index contributed by atoms with van der Waals surface area (Å²) in [4.78, 5) is 134. The summed E-state index contributed by atoms with van der Waals surface area (Å²) in [5.74, 6) is -18.2. The lowest BCUT2D eigenvalue weighted by atomic mass is 9.84. The highest BCUT2D eigenvalue weighted by Gasteiger charge is 2.53. The third-order valence-corrected chi connectivity index (χ3v) is 23.2. The number of fused-ring (bicyclic) bond motifs is 18. The van der Waals surface area contributed by atoms with Gasteiger partial charge in [-0.25, -0.2) is 14.0 Å². The van der Waals surface area contributed by atoms with Gasteiger partial charge in [0.2, 0.25) is 53.4 Å². The van der Waals surface area contributed by atoms with Crippen molar-refractivity contribution in [3.63, 3.8) is 0 Å². The molecule has 1 aliphatic carbocycles. The molecule has 2 saturated heterocycles. The third kappa shape index (κ3) is 18.9. The van der Waals surface area contributed by atoms with Crippen LogP contribution in [0.25, 0.3) is 22.3 Å². The molecule has 35 nitrogen and oxygen atoms in total. The van der Waals surface area contributed by atoms with Crippen molar-refractivity contribution in [3.8, 4) is 68.2 Å². The van der Waals surface area contributed by atoms with Crippen LogP contribution in [0.15, 0.2) is 152 Å². The fraction of sp³-hybridized carbons (Fsp3) is 0.345. The molecule has 0 saturated carbocycles. The summed E-state index contributed by atoms with van der Waals surface area (Å²) in [6.07, 6.45) is -20.8. The number of alkyl carbamates (subject to hydrolysis) is 1. The highest BCUT2D eigenvalue weighted by atomic mass is 35.5. The average molecular weight is 1770 g/mol. The van der Waals surface area contributed by atoms with E-state index < -0.39 is 271 Å². The van der Waals surface area contributed by atoms with Crippen molar-refractivity contribution in [3.05, 3.63) is 212 Å². The van der Waals surface area contributed by atoms with Crippen molar-refractivity contribution >= 4 is 76.6 Å². The monoisotopic (exact) mass is 1760 g/mol. The molecule has 38 heteroatoms. The Hall–Kier alpha value is -12.3. The highest BCUT2D eigenvalue weighted by Crippen LogP contribution is 2.51. The molecule has 0 radical (unpaired) electrons. The van der Waals surface area contributed by atoms with Crippen molar-refractivity contribution < 1.29 is 132 Å². The number of hydrogen-bond donors (Lipinski definition) is 19. The molecule has 7 heterocycles. The lowest BCUT2D eigenvalue weighted by Crippen LogP contribution is -2.65. The quantitative estimate of drug-likeness (QED) is 0.0511. The van der Waals surface area contributed by atoms with Gasteiger partial charge in [0.1, 0.15) is 108 Å².